The standard InChI is InChI=1S/C16H17BrN2O/c1-10-3-4-13(9-15(10)17)16(20)19-11(2)12-5-7-14(18)8-6-12/h3-9,11H,18H2,1-2H3,(H,19,20). The summed E-state index contributed by atoms with van der Waals surface area (Å²) in [5.41, 5.74) is 9.15. The summed E-state index contributed by atoms with van der Waals surface area (Å²) in [4.78, 5) is 12.2. The topological polar surface area (TPSA) is 55.1 Å². The first kappa shape index (κ1) is 14.6. The number of nitrogens with one attached hydrogen (secondary N) is 1. The third-order valence-corrected chi connectivity index (χ3v) is 4.07. The second kappa shape index (κ2) is 6.09. The summed E-state index contributed by atoms with van der Waals surface area (Å²) in [6.07, 6.45) is 0. The fourth-order valence-electron chi connectivity index (χ4n) is 1.88. The summed E-state index contributed by atoms with van der Waals surface area (Å²) in [5, 5.41) is 2.98. The Kier molecular flexibility index (Phi) is 4.45. The van der Waals surface area contributed by atoms with Crippen molar-refractivity contribution in [1.82, 2.24) is 5.32 Å². The van der Waals surface area contributed by atoms with Gasteiger partial charge in [0.05, 0.1) is 6.04 Å². The number of rotatable bonds is 3. The van der Waals surface area contributed by atoms with Gasteiger partial charge in [0, 0.05) is 15.7 Å². The van der Waals surface area contributed by atoms with Gasteiger partial charge in [-0.3, -0.25) is 4.79 Å². The molecule has 0 saturated carbocycles. The van der Waals surface area contributed by atoms with E-state index in [0.717, 1.165) is 21.3 Å². The molecule has 3 N–H and O–H groups in total. The van der Waals surface area contributed by atoms with Crippen LogP contribution in [0.5, 0.6) is 0 Å². The van der Waals surface area contributed by atoms with Crippen LogP contribution in [0.25, 0.3) is 0 Å². The van der Waals surface area contributed by atoms with Gasteiger partial charge in [0.1, 0.15) is 0 Å². The number of hydrogen-bond acceptors (Lipinski definition) is 2. The number of anilines is 1. The maximum atomic E-state index is 12.2. The summed E-state index contributed by atoms with van der Waals surface area (Å²) in [5.74, 6) is -0.0879. The first-order valence-electron chi connectivity index (χ1n) is 6.40. The van der Waals surface area contributed by atoms with Crippen LogP contribution in [0.3, 0.4) is 0 Å². The number of benzene rings is 2. The van der Waals surface area contributed by atoms with Gasteiger partial charge in [0.2, 0.25) is 0 Å². The summed E-state index contributed by atoms with van der Waals surface area (Å²) in [6.45, 7) is 3.94. The smallest absolute Gasteiger partial charge is 0.251 e. The predicted molar refractivity (Wildman–Crippen MR) is 85.6 cm³/mol. The maximum absolute atomic E-state index is 12.2. The van der Waals surface area contributed by atoms with Crippen molar-refractivity contribution in [2.75, 3.05) is 5.73 Å². The Morgan fingerprint density at radius 2 is 1.85 bits per heavy atom. The van der Waals surface area contributed by atoms with Crippen molar-refractivity contribution in [3.63, 3.8) is 0 Å². The number of carbonyl (C=O) groups is 1. The Hall–Kier alpha value is -1.81. The fourth-order valence-corrected chi connectivity index (χ4v) is 2.26. The Morgan fingerprint density at radius 1 is 1.20 bits per heavy atom. The number of hydrogen-bond donors (Lipinski definition) is 2. The summed E-state index contributed by atoms with van der Waals surface area (Å²) in [7, 11) is 0. The molecule has 2 aromatic carbocycles. The van der Waals surface area contributed by atoms with Gasteiger partial charge < -0.3 is 11.1 Å². The molecule has 4 heteroatoms. The number of aryl methyl sites for hydroxylation is 1. The van der Waals surface area contributed by atoms with Crippen molar-refractivity contribution >= 4 is 27.5 Å². The van der Waals surface area contributed by atoms with Gasteiger partial charge in [-0.15, -0.1) is 0 Å². The van der Waals surface area contributed by atoms with Crippen LogP contribution in [0.15, 0.2) is 46.9 Å². The van der Waals surface area contributed by atoms with E-state index in [1.807, 2.05) is 56.3 Å². The monoisotopic (exact) mass is 332 g/mol. The van der Waals surface area contributed by atoms with Crippen molar-refractivity contribution in [3.8, 4) is 0 Å². The molecule has 2 aromatic rings. The fraction of sp³-hybridized carbons (Fsp3) is 0.188. The molecule has 20 heavy (non-hydrogen) atoms. The Labute approximate surface area is 127 Å². The zero-order chi connectivity index (χ0) is 14.7. The Bertz CT molecular complexity index is 623. The first-order chi connectivity index (χ1) is 9.47. The van der Waals surface area contributed by atoms with Crippen molar-refractivity contribution in [3.05, 3.63) is 63.6 Å². The van der Waals surface area contributed by atoms with E-state index in [2.05, 4.69) is 21.2 Å². The molecule has 0 aliphatic heterocycles. The summed E-state index contributed by atoms with van der Waals surface area (Å²) < 4.78 is 0.935. The van der Waals surface area contributed by atoms with Crippen LogP contribution in [0, 0.1) is 6.92 Å². The minimum Gasteiger partial charge on any atom is -0.399 e. The van der Waals surface area contributed by atoms with E-state index in [1.54, 1.807) is 0 Å². The van der Waals surface area contributed by atoms with E-state index in [-0.39, 0.29) is 11.9 Å². The van der Waals surface area contributed by atoms with E-state index in [1.165, 1.54) is 0 Å². The third kappa shape index (κ3) is 3.39. The van der Waals surface area contributed by atoms with Gasteiger partial charge in [-0.2, -0.15) is 0 Å². The SMILES string of the molecule is Cc1ccc(C(=O)NC(C)c2ccc(N)cc2)cc1Br. The van der Waals surface area contributed by atoms with Crippen LogP contribution >= 0.6 is 15.9 Å². The van der Waals surface area contributed by atoms with E-state index in [0.29, 0.717) is 5.56 Å². The minimum absolute atomic E-state index is 0.0665. The molecule has 104 valence electrons. The number of nitrogen functional groups attached to an aromatic ring is 1. The number of halogens is 1. The van der Waals surface area contributed by atoms with Crippen LogP contribution in [0.2, 0.25) is 0 Å². The van der Waals surface area contributed by atoms with Gasteiger partial charge in [-0.1, -0.05) is 34.1 Å². The van der Waals surface area contributed by atoms with Gasteiger partial charge in [0.25, 0.3) is 5.91 Å². The molecule has 0 bridgehead atoms. The first-order valence-corrected chi connectivity index (χ1v) is 7.19. The molecule has 0 aliphatic rings. The highest BCUT2D eigenvalue weighted by molar-refractivity contribution is 9.10. The predicted octanol–water partition coefficient (Wildman–Crippen LogP) is 3.83. The average molecular weight is 333 g/mol. The number of carbonyl (C=O) groups excluding carboxylic acids is 1. The lowest BCUT2D eigenvalue weighted by atomic mass is 10.1. The minimum atomic E-state index is -0.0879. The molecule has 0 saturated heterocycles. The zero-order valence-corrected chi connectivity index (χ0v) is 13.1. The summed E-state index contributed by atoms with van der Waals surface area (Å²) in [6, 6.07) is 13.0. The quantitative estimate of drug-likeness (QED) is 0.839. The van der Waals surface area contributed by atoms with Crippen molar-refractivity contribution < 1.29 is 4.79 Å². The lowest BCUT2D eigenvalue weighted by molar-refractivity contribution is 0.0940. The van der Waals surface area contributed by atoms with Crippen molar-refractivity contribution in [2.45, 2.75) is 19.9 Å². The van der Waals surface area contributed by atoms with Crippen molar-refractivity contribution in [2.24, 2.45) is 0 Å². The van der Waals surface area contributed by atoms with Crippen molar-refractivity contribution in [1.29, 1.82) is 0 Å². The number of amides is 1. The van der Waals surface area contributed by atoms with Gasteiger partial charge in [-0.25, -0.2) is 0 Å². The van der Waals surface area contributed by atoms with Crippen LogP contribution in [-0.4, -0.2) is 5.91 Å². The third-order valence-electron chi connectivity index (χ3n) is 3.22. The van der Waals surface area contributed by atoms with Crippen LogP contribution < -0.4 is 11.1 Å². The van der Waals surface area contributed by atoms with E-state index in [4.69, 9.17) is 5.73 Å². The zero-order valence-electron chi connectivity index (χ0n) is 11.5. The maximum Gasteiger partial charge on any atom is 0.251 e. The highest BCUT2D eigenvalue weighted by Gasteiger charge is 2.12. The molecule has 1 amide bonds. The second-order valence-electron chi connectivity index (χ2n) is 4.83. The highest BCUT2D eigenvalue weighted by Crippen LogP contribution is 2.19. The van der Waals surface area contributed by atoms with Gasteiger partial charge in [-0.05, 0) is 49.2 Å². The largest absolute Gasteiger partial charge is 0.399 e. The lowest BCUT2D eigenvalue weighted by Crippen LogP contribution is -2.26. The van der Waals surface area contributed by atoms with Crippen LogP contribution in [0.1, 0.15) is 34.5 Å². The molecular formula is C16H17BrN2O. The average Bonchev–Trinajstić information content (AvgIpc) is 2.42. The molecule has 0 aliphatic carbocycles. The van der Waals surface area contributed by atoms with E-state index in [9.17, 15) is 4.79 Å². The van der Waals surface area contributed by atoms with E-state index >= 15 is 0 Å². The van der Waals surface area contributed by atoms with Crippen LogP contribution in [0.4, 0.5) is 5.69 Å². The molecule has 0 heterocycles. The van der Waals surface area contributed by atoms with Crippen LogP contribution in [-0.2, 0) is 0 Å². The molecule has 1 atom stereocenters. The highest BCUT2D eigenvalue weighted by atomic mass is 79.9. The normalized spacial score (nSPS) is 11.9. The molecule has 0 fully saturated rings. The molecule has 0 aromatic heterocycles. The Balaban J connectivity index is 2.10. The molecule has 0 radical (unpaired) electrons. The second-order valence-corrected chi connectivity index (χ2v) is 5.68. The molecular weight excluding hydrogens is 316 g/mol. The lowest BCUT2D eigenvalue weighted by Gasteiger charge is -2.15. The molecule has 2 rings (SSSR count). The summed E-state index contributed by atoms with van der Waals surface area (Å²) >= 11 is 3.44. The number of nitrogens with two attached hydrogens (primary N) is 1. The Morgan fingerprint density at radius 3 is 2.45 bits per heavy atom. The molecule has 3 nitrogen and oxygen atoms in total. The molecule has 1 unspecified atom stereocenters. The molecule has 0 spiro atoms. The van der Waals surface area contributed by atoms with E-state index < -0.39 is 0 Å². The van der Waals surface area contributed by atoms with Gasteiger partial charge >= 0.3 is 0 Å². The van der Waals surface area contributed by atoms with Gasteiger partial charge in [0.15, 0.2) is 0 Å².